The van der Waals surface area contributed by atoms with Crippen LogP contribution in [0.4, 0.5) is 10.5 Å². The second-order valence-corrected chi connectivity index (χ2v) is 9.81. The molecule has 35 heavy (non-hydrogen) atoms. The van der Waals surface area contributed by atoms with E-state index in [2.05, 4.69) is 20.9 Å². The Kier molecular flexibility index (Phi) is 7.26. The third-order valence-corrected chi connectivity index (χ3v) is 7.61. The van der Waals surface area contributed by atoms with Gasteiger partial charge in [0.25, 0.3) is 0 Å². The SMILES string of the molecule is COc1cc(NC(=O)NCCn2nnc3cc(S(=O)(=O)N4CCCC4)ccc32)cc(OC)c1OC. The second kappa shape index (κ2) is 10.4. The van der Waals surface area contributed by atoms with Crippen molar-refractivity contribution < 1.29 is 27.4 Å². The second-order valence-electron chi connectivity index (χ2n) is 7.87. The first-order valence-electron chi connectivity index (χ1n) is 11.1. The van der Waals surface area contributed by atoms with E-state index >= 15 is 0 Å². The third-order valence-electron chi connectivity index (χ3n) is 5.72. The van der Waals surface area contributed by atoms with Gasteiger partial charge in [-0.3, -0.25) is 0 Å². The van der Waals surface area contributed by atoms with Gasteiger partial charge in [-0.25, -0.2) is 17.9 Å². The largest absolute Gasteiger partial charge is 0.493 e. The van der Waals surface area contributed by atoms with Crippen molar-refractivity contribution in [2.75, 3.05) is 46.3 Å². The molecule has 0 radical (unpaired) electrons. The fourth-order valence-electron chi connectivity index (χ4n) is 3.96. The summed E-state index contributed by atoms with van der Waals surface area (Å²) in [5.74, 6) is 1.26. The summed E-state index contributed by atoms with van der Waals surface area (Å²) in [4.78, 5) is 12.6. The summed E-state index contributed by atoms with van der Waals surface area (Å²) in [6, 6.07) is 7.62. The molecule has 2 N–H and O–H groups in total. The molecule has 188 valence electrons. The van der Waals surface area contributed by atoms with Crippen LogP contribution in [0.25, 0.3) is 11.0 Å². The van der Waals surface area contributed by atoms with Crippen LogP contribution in [0.2, 0.25) is 0 Å². The number of anilines is 1. The van der Waals surface area contributed by atoms with Gasteiger partial charge in [0.1, 0.15) is 5.52 Å². The van der Waals surface area contributed by atoms with Crippen molar-refractivity contribution in [2.45, 2.75) is 24.3 Å². The highest BCUT2D eigenvalue weighted by molar-refractivity contribution is 7.89. The van der Waals surface area contributed by atoms with E-state index in [-0.39, 0.29) is 11.4 Å². The Morgan fingerprint density at radius 1 is 1.03 bits per heavy atom. The molecule has 0 bridgehead atoms. The number of hydrogen-bond donors (Lipinski definition) is 2. The van der Waals surface area contributed by atoms with E-state index in [0.717, 1.165) is 12.8 Å². The van der Waals surface area contributed by atoms with Gasteiger partial charge < -0.3 is 24.8 Å². The number of hydrogen-bond acceptors (Lipinski definition) is 8. The number of benzene rings is 2. The molecule has 0 aliphatic carbocycles. The first kappa shape index (κ1) is 24.5. The topological polar surface area (TPSA) is 137 Å². The summed E-state index contributed by atoms with van der Waals surface area (Å²) >= 11 is 0. The predicted molar refractivity (Wildman–Crippen MR) is 129 cm³/mol. The highest BCUT2D eigenvalue weighted by Gasteiger charge is 2.27. The normalized spacial score (nSPS) is 14.1. The summed E-state index contributed by atoms with van der Waals surface area (Å²) < 4.78 is 44.6. The van der Waals surface area contributed by atoms with Gasteiger partial charge >= 0.3 is 6.03 Å². The molecule has 2 amide bonds. The lowest BCUT2D eigenvalue weighted by Crippen LogP contribution is -2.31. The van der Waals surface area contributed by atoms with Gasteiger partial charge in [0.05, 0.1) is 44.0 Å². The van der Waals surface area contributed by atoms with Crippen LogP contribution in [0.15, 0.2) is 35.2 Å². The number of nitrogens with zero attached hydrogens (tertiary/aromatic N) is 4. The predicted octanol–water partition coefficient (Wildman–Crippen LogP) is 2.06. The smallest absolute Gasteiger partial charge is 0.319 e. The van der Waals surface area contributed by atoms with Crippen molar-refractivity contribution >= 4 is 32.8 Å². The van der Waals surface area contributed by atoms with Gasteiger partial charge in [0.15, 0.2) is 11.5 Å². The molecule has 13 heteroatoms. The standard InChI is InChI=1S/C22H28N6O6S/c1-32-19-12-15(13-20(33-2)21(19)34-3)24-22(29)23-8-11-28-18-7-6-16(14-17(18)25-26-28)35(30,31)27-9-4-5-10-27/h6-7,12-14H,4-5,8-11H2,1-3H3,(H2,23,24,29). The first-order chi connectivity index (χ1) is 16.9. The Morgan fingerprint density at radius 2 is 1.71 bits per heavy atom. The lowest BCUT2D eigenvalue weighted by molar-refractivity contribution is 0.251. The molecule has 3 aromatic rings. The number of urea groups is 1. The van der Waals surface area contributed by atoms with Gasteiger partial charge in [-0.15, -0.1) is 5.10 Å². The van der Waals surface area contributed by atoms with Crippen molar-refractivity contribution in [3.05, 3.63) is 30.3 Å². The number of aromatic nitrogens is 3. The van der Waals surface area contributed by atoms with E-state index in [1.54, 1.807) is 28.9 Å². The summed E-state index contributed by atoms with van der Waals surface area (Å²) in [6.45, 7) is 1.69. The lowest BCUT2D eigenvalue weighted by Gasteiger charge is -2.15. The Hall–Kier alpha value is -3.58. The Labute approximate surface area is 203 Å². The molecule has 1 aliphatic rings. The van der Waals surface area contributed by atoms with Crippen LogP contribution in [-0.4, -0.2) is 74.7 Å². The Morgan fingerprint density at radius 3 is 2.34 bits per heavy atom. The van der Waals surface area contributed by atoms with Crippen molar-refractivity contribution in [3.63, 3.8) is 0 Å². The highest BCUT2D eigenvalue weighted by atomic mass is 32.2. The number of rotatable bonds is 9. The minimum atomic E-state index is -3.53. The number of fused-ring (bicyclic) bond motifs is 1. The molecule has 0 spiro atoms. The van der Waals surface area contributed by atoms with Crippen LogP contribution >= 0.6 is 0 Å². The zero-order chi connectivity index (χ0) is 25.0. The van der Waals surface area contributed by atoms with Gasteiger partial charge in [-0.1, -0.05) is 5.21 Å². The number of amides is 2. The summed E-state index contributed by atoms with van der Waals surface area (Å²) in [7, 11) is 0.962. The maximum absolute atomic E-state index is 12.8. The highest BCUT2D eigenvalue weighted by Crippen LogP contribution is 2.39. The molecule has 1 fully saturated rings. The van der Waals surface area contributed by atoms with Crippen LogP contribution in [0.3, 0.4) is 0 Å². The molecule has 1 aromatic heterocycles. The molecule has 0 unspecified atom stereocenters. The van der Waals surface area contributed by atoms with E-state index in [1.165, 1.54) is 31.7 Å². The molecule has 2 heterocycles. The minimum absolute atomic E-state index is 0.210. The summed E-state index contributed by atoms with van der Waals surface area (Å²) in [5, 5.41) is 13.7. The van der Waals surface area contributed by atoms with E-state index < -0.39 is 16.1 Å². The monoisotopic (exact) mass is 504 g/mol. The first-order valence-corrected chi connectivity index (χ1v) is 12.5. The van der Waals surface area contributed by atoms with Crippen molar-refractivity contribution in [2.24, 2.45) is 0 Å². The fraction of sp³-hybridized carbons (Fsp3) is 0.409. The van der Waals surface area contributed by atoms with E-state index in [4.69, 9.17) is 14.2 Å². The molecule has 1 aliphatic heterocycles. The van der Waals surface area contributed by atoms with Gasteiger partial charge in [0.2, 0.25) is 15.8 Å². The quantitative estimate of drug-likeness (QED) is 0.452. The molecular weight excluding hydrogens is 476 g/mol. The number of carbonyl (C=O) groups is 1. The Bertz CT molecular complexity index is 1290. The molecule has 2 aromatic carbocycles. The molecule has 1 saturated heterocycles. The summed E-state index contributed by atoms with van der Waals surface area (Å²) in [6.07, 6.45) is 1.75. The van der Waals surface area contributed by atoms with Crippen molar-refractivity contribution in [1.82, 2.24) is 24.6 Å². The van der Waals surface area contributed by atoms with Crippen LogP contribution < -0.4 is 24.8 Å². The molecule has 4 rings (SSSR count). The van der Waals surface area contributed by atoms with E-state index in [9.17, 15) is 13.2 Å². The zero-order valence-electron chi connectivity index (χ0n) is 19.8. The number of methoxy groups -OCH3 is 3. The van der Waals surface area contributed by atoms with Crippen molar-refractivity contribution in [3.8, 4) is 17.2 Å². The van der Waals surface area contributed by atoms with Gasteiger partial charge in [0, 0.05) is 31.8 Å². The number of sulfonamides is 1. The lowest BCUT2D eigenvalue weighted by atomic mass is 10.2. The Balaban J connectivity index is 1.38. The maximum Gasteiger partial charge on any atom is 0.319 e. The molecule has 0 saturated carbocycles. The van der Waals surface area contributed by atoms with Crippen LogP contribution in [-0.2, 0) is 16.6 Å². The van der Waals surface area contributed by atoms with Crippen LogP contribution in [0.1, 0.15) is 12.8 Å². The summed E-state index contributed by atoms with van der Waals surface area (Å²) in [5.41, 5.74) is 1.62. The van der Waals surface area contributed by atoms with Crippen LogP contribution in [0.5, 0.6) is 17.2 Å². The third kappa shape index (κ3) is 5.10. The maximum atomic E-state index is 12.8. The molecular formula is C22H28N6O6S. The van der Waals surface area contributed by atoms with Gasteiger partial charge in [-0.05, 0) is 31.0 Å². The van der Waals surface area contributed by atoms with Crippen LogP contribution in [0, 0.1) is 0 Å². The van der Waals surface area contributed by atoms with E-state index in [0.29, 0.717) is 53.6 Å². The van der Waals surface area contributed by atoms with E-state index in [1.807, 2.05) is 0 Å². The number of nitrogens with one attached hydrogen (secondary N) is 2. The molecule has 12 nitrogen and oxygen atoms in total. The zero-order valence-corrected chi connectivity index (χ0v) is 20.6. The number of ether oxygens (including phenoxy) is 3. The molecule has 0 atom stereocenters. The van der Waals surface area contributed by atoms with Gasteiger partial charge in [-0.2, -0.15) is 4.31 Å². The van der Waals surface area contributed by atoms with Crippen molar-refractivity contribution in [1.29, 1.82) is 0 Å². The fourth-order valence-corrected chi connectivity index (χ4v) is 5.50. The minimum Gasteiger partial charge on any atom is -0.493 e. The average Bonchev–Trinajstić information content (AvgIpc) is 3.54. The average molecular weight is 505 g/mol. The number of carbonyl (C=O) groups excluding carboxylic acids is 1.